The van der Waals surface area contributed by atoms with Crippen LogP contribution in [0.1, 0.15) is 53.4 Å². The van der Waals surface area contributed by atoms with E-state index in [1.54, 1.807) is 0 Å². The molecule has 92 valence electrons. The third-order valence-corrected chi connectivity index (χ3v) is 5.33. The molecule has 1 fully saturated rings. The SMILES string of the molecule is CC1C=CC[C@@]2(C)CCC(O)(C(C)C)CC12. The standard InChI is InChI=1S/C15H26O/c1-11(2)15(16)9-8-14(4)7-5-6-12(3)13(14)10-15/h5-6,11-13,16H,7-10H2,1-4H3/t12?,13?,14-,15?/m0/s1. The quantitative estimate of drug-likeness (QED) is 0.669. The molecule has 2 aliphatic rings. The maximum absolute atomic E-state index is 10.7. The van der Waals surface area contributed by atoms with Crippen LogP contribution >= 0.6 is 0 Å². The molecule has 1 heteroatoms. The average molecular weight is 222 g/mol. The molecule has 1 saturated carbocycles. The van der Waals surface area contributed by atoms with E-state index in [2.05, 4.69) is 39.8 Å². The number of allylic oxidation sites excluding steroid dienone is 2. The second-order valence-electron chi connectivity index (χ2n) is 6.71. The Hall–Kier alpha value is -0.300. The van der Waals surface area contributed by atoms with E-state index in [4.69, 9.17) is 0 Å². The van der Waals surface area contributed by atoms with Gasteiger partial charge in [-0.25, -0.2) is 0 Å². The Morgan fingerprint density at radius 3 is 2.62 bits per heavy atom. The summed E-state index contributed by atoms with van der Waals surface area (Å²) in [6.45, 7) is 9.04. The van der Waals surface area contributed by atoms with Gasteiger partial charge >= 0.3 is 0 Å². The molecule has 0 heterocycles. The first-order valence-electron chi connectivity index (χ1n) is 6.76. The van der Waals surface area contributed by atoms with Crippen LogP contribution in [0.2, 0.25) is 0 Å². The molecule has 0 spiro atoms. The summed E-state index contributed by atoms with van der Waals surface area (Å²) < 4.78 is 0. The summed E-state index contributed by atoms with van der Waals surface area (Å²) in [5.41, 5.74) is 0.0267. The normalized spacial score (nSPS) is 48.1. The summed E-state index contributed by atoms with van der Waals surface area (Å²) in [6.07, 6.45) is 9.06. The number of fused-ring (bicyclic) bond motifs is 1. The topological polar surface area (TPSA) is 20.2 Å². The van der Waals surface area contributed by atoms with Crippen molar-refractivity contribution in [3.8, 4) is 0 Å². The fourth-order valence-electron chi connectivity index (χ4n) is 3.70. The summed E-state index contributed by atoms with van der Waals surface area (Å²) in [7, 11) is 0. The van der Waals surface area contributed by atoms with Crippen molar-refractivity contribution in [3.05, 3.63) is 12.2 Å². The van der Waals surface area contributed by atoms with Gasteiger partial charge < -0.3 is 5.11 Å². The molecule has 0 amide bonds. The molecule has 0 aromatic carbocycles. The van der Waals surface area contributed by atoms with Gasteiger partial charge in [-0.3, -0.25) is 0 Å². The molecule has 0 bridgehead atoms. The van der Waals surface area contributed by atoms with E-state index in [9.17, 15) is 5.11 Å². The number of hydrogen-bond donors (Lipinski definition) is 1. The summed E-state index contributed by atoms with van der Waals surface area (Å²) in [6, 6.07) is 0. The van der Waals surface area contributed by atoms with Crippen LogP contribution in [0.15, 0.2) is 12.2 Å². The Balaban J connectivity index is 2.22. The third-order valence-electron chi connectivity index (χ3n) is 5.33. The van der Waals surface area contributed by atoms with Crippen LogP contribution in [-0.4, -0.2) is 10.7 Å². The van der Waals surface area contributed by atoms with Crippen LogP contribution in [-0.2, 0) is 0 Å². The van der Waals surface area contributed by atoms with Crippen molar-refractivity contribution in [1.29, 1.82) is 0 Å². The van der Waals surface area contributed by atoms with E-state index in [0.717, 1.165) is 12.8 Å². The average Bonchev–Trinajstić information content (AvgIpc) is 2.21. The van der Waals surface area contributed by atoms with Gasteiger partial charge in [0.1, 0.15) is 0 Å². The Bertz CT molecular complexity index is 294. The summed E-state index contributed by atoms with van der Waals surface area (Å²) in [4.78, 5) is 0. The lowest BCUT2D eigenvalue weighted by molar-refractivity contribution is -0.103. The van der Waals surface area contributed by atoms with Gasteiger partial charge in [0.2, 0.25) is 0 Å². The molecule has 3 unspecified atom stereocenters. The Morgan fingerprint density at radius 2 is 2.00 bits per heavy atom. The maximum Gasteiger partial charge on any atom is 0.0673 e. The van der Waals surface area contributed by atoms with Crippen LogP contribution in [0.5, 0.6) is 0 Å². The molecule has 16 heavy (non-hydrogen) atoms. The molecule has 2 aliphatic carbocycles. The predicted molar refractivity (Wildman–Crippen MR) is 68.2 cm³/mol. The second-order valence-corrected chi connectivity index (χ2v) is 6.71. The van der Waals surface area contributed by atoms with E-state index in [1.807, 2.05) is 0 Å². The van der Waals surface area contributed by atoms with Gasteiger partial charge in [0, 0.05) is 0 Å². The molecule has 0 aromatic heterocycles. The number of rotatable bonds is 1. The van der Waals surface area contributed by atoms with E-state index < -0.39 is 5.60 Å². The van der Waals surface area contributed by atoms with Crippen molar-refractivity contribution in [2.45, 2.75) is 59.0 Å². The predicted octanol–water partition coefficient (Wildman–Crippen LogP) is 3.78. The van der Waals surface area contributed by atoms with Gasteiger partial charge in [-0.15, -0.1) is 0 Å². The summed E-state index contributed by atoms with van der Waals surface area (Å²) in [5, 5.41) is 10.7. The van der Waals surface area contributed by atoms with Gasteiger partial charge in [0.05, 0.1) is 5.60 Å². The Labute approximate surface area is 99.9 Å². The van der Waals surface area contributed by atoms with Gasteiger partial charge in [-0.05, 0) is 48.9 Å². The highest BCUT2D eigenvalue weighted by molar-refractivity contribution is 5.09. The van der Waals surface area contributed by atoms with Crippen molar-refractivity contribution in [3.63, 3.8) is 0 Å². The molecule has 4 atom stereocenters. The highest BCUT2D eigenvalue weighted by atomic mass is 16.3. The van der Waals surface area contributed by atoms with Crippen molar-refractivity contribution < 1.29 is 5.11 Å². The molecule has 0 saturated heterocycles. The largest absolute Gasteiger partial charge is 0.390 e. The first-order valence-corrected chi connectivity index (χ1v) is 6.76. The second kappa shape index (κ2) is 3.87. The zero-order valence-electron chi connectivity index (χ0n) is 11.2. The monoisotopic (exact) mass is 222 g/mol. The highest BCUT2D eigenvalue weighted by Crippen LogP contribution is 2.54. The first kappa shape index (κ1) is 12.2. The van der Waals surface area contributed by atoms with E-state index in [-0.39, 0.29) is 0 Å². The highest BCUT2D eigenvalue weighted by Gasteiger charge is 2.48. The minimum absolute atomic E-state index is 0.384. The maximum atomic E-state index is 10.7. The van der Waals surface area contributed by atoms with Crippen molar-refractivity contribution >= 4 is 0 Å². The lowest BCUT2D eigenvalue weighted by atomic mass is 9.54. The Morgan fingerprint density at radius 1 is 1.31 bits per heavy atom. The van der Waals surface area contributed by atoms with Crippen LogP contribution < -0.4 is 0 Å². The smallest absolute Gasteiger partial charge is 0.0673 e. The minimum Gasteiger partial charge on any atom is -0.390 e. The van der Waals surface area contributed by atoms with Gasteiger partial charge in [-0.2, -0.15) is 0 Å². The first-order chi connectivity index (χ1) is 7.37. The lowest BCUT2D eigenvalue weighted by Crippen LogP contribution is -2.49. The van der Waals surface area contributed by atoms with Gasteiger partial charge in [0.25, 0.3) is 0 Å². The van der Waals surface area contributed by atoms with Crippen LogP contribution in [0, 0.1) is 23.2 Å². The zero-order valence-corrected chi connectivity index (χ0v) is 11.2. The number of hydrogen-bond acceptors (Lipinski definition) is 1. The van der Waals surface area contributed by atoms with E-state index >= 15 is 0 Å². The summed E-state index contributed by atoms with van der Waals surface area (Å²) in [5.74, 6) is 1.68. The minimum atomic E-state index is -0.413. The molecule has 0 aliphatic heterocycles. The van der Waals surface area contributed by atoms with Crippen molar-refractivity contribution in [2.24, 2.45) is 23.2 Å². The summed E-state index contributed by atoms with van der Waals surface area (Å²) >= 11 is 0. The van der Waals surface area contributed by atoms with Crippen molar-refractivity contribution in [1.82, 2.24) is 0 Å². The fourth-order valence-corrected chi connectivity index (χ4v) is 3.70. The van der Waals surface area contributed by atoms with Gasteiger partial charge in [-0.1, -0.05) is 39.8 Å². The van der Waals surface area contributed by atoms with Crippen LogP contribution in [0.25, 0.3) is 0 Å². The lowest BCUT2D eigenvalue weighted by Gasteiger charge is -2.52. The van der Waals surface area contributed by atoms with E-state index in [0.29, 0.717) is 23.2 Å². The van der Waals surface area contributed by atoms with Crippen LogP contribution in [0.4, 0.5) is 0 Å². The molecule has 2 rings (SSSR count). The molecule has 0 aromatic rings. The van der Waals surface area contributed by atoms with Crippen LogP contribution in [0.3, 0.4) is 0 Å². The van der Waals surface area contributed by atoms with Gasteiger partial charge in [0.15, 0.2) is 0 Å². The zero-order chi connectivity index (χ0) is 12.0. The molecular formula is C15H26O. The molecule has 1 N–H and O–H groups in total. The molecular weight excluding hydrogens is 196 g/mol. The Kier molecular flexibility index (Phi) is 2.94. The third kappa shape index (κ3) is 1.84. The van der Waals surface area contributed by atoms with Crippen molar-refractivity contribution in [2.75, 3.05) is 0 Å². The van der Waals surface area contributed by atoms with E-state index in [1.165, 1.54) is 12.8 Å². The molecule has 0 radical (unpaired) electrons. The molecule has 1 nitrogen and oxygen atoms in total. The number of aliphatic hydroxyl groups is 1. The fraction of sp³-hybridized carbons (Fsp3) is 0.867.